The molecule has 174 valence electrons. The molecule has 1 N–H and O–H groups in total. The molecule has 1 aliphatic carbocycles. The summed E-state index contributed by atoms with van der Waals surface area (Å²) >= 11 is 3.20. The van der Waals surface area contributed by atoms with Gasteiger partial charge in [0.05, 0.1) is 17.9 Å². The summed E-state index contributed by atoms with van der Waals surface area (Å²) in [5.41, 5.74) is 3.69. The van der Waals surface area contributed by atoms with Crippen LogP contribution >= 0.6 is 23.1 Å². The average Bonchev–Trinajstić information content (AvgIpc) is 3.41. The number of rotatable bonds is 8. The standard InChI is InChI=1S/C24H28N4O3S2/c1-4-28-22(19-13-32-20-12-15(3)6-11-18(19)20)26-27-24(28)33-14-21(29)25-17-9-7-16(8-10-17)23(30)31-5-2/h7-10,13,15H,4-6,11-12,14H2,1-3H3,(H,25,29). The number of nitrogens with one attached hydrogen (secondary N) is 1. The zero-order valence-electron chi connectivity index (χ0n) is 19.1. The van der Waals surface area contributed by atoms with Gasteiger partial charge in [0.15, 0.2) is 11.0 Å². The number of carbonyl (C=O) groups is 2. The van der Waals surface area contributed by atoms with Gasteiger partial charge in [0.1, 0.15) is 0 Å². The van der Waals surface area contributed by atoms with E-state index in [-0.39, 0.29) is 17.6 Å². The van der Waals surface area contributed by atoms with Crippen LogP contribution in [0.5, 0.6) is 0 Å². The second kappa shape index (κ2) is 10.5. The lowest BCUT2D eigenvalue weighted by Gasteiger charge is -2.19. The van der Waals surface area contributed by atoms with Crippen molar-refractivity contribution in [3.8, 4) is 11.4 Å². The van der Waals surface area contributed by atoms with Gasteiger partial charge in [0, 0.05) is 28.1 Å². The molecule has 2 heterocycles. The van der Waals surface area contributed by atoms with E-state index in [0.717, 1.165) is 36.3 Å². The Balaban J connectivity index is 1.40. The Morgan fingerprint density at radius 1 is 1.24 bits per heavy atom. The summed E-state index contributed by atoms with van der Waals surface area (Å²) in [4.78, 5) is 25.7. The second-order valence-corrected chi connectivity index (χ2v) is 9.99. The third kappa shape index (κ3) is 5.30. The molecule has 0 spiro atoms. The summed E-state index contributed by atoms with van der Waals surface area (Å²) < 4.78 is 7.07. The number of benzene rings is 1. The minimum Gasteiger partial charge on any atom is -0.462 e. The Bertz CT molecular complexity index is 1140. The number of hydrogen-bond donors (Lipinski definition) is 1. The monoisotopic (exact) mass is 484 g/mol. The van der Waals surface area contributed by atoms with Gasteiger partial charge in [0.25, 0.3) is 0 Å². The van der Waals surface area contributed by atoms with Crippen molar-refractivity contribution < 1.29 is 14.3 Å². The molecule has 9 heteroatoms. The van der Waals surface area contributed by atoms with E-state index in [9.17, 15) is 9.59 Å². The van der Waals surface area contributed by atoms with Crippen molar-refractivity contribution in [3.63, 3.8) is 0 Å². The molecule has 0 saturated heterocycles. The first kappa shape index (κ1) is 23.5. The summed E-state index contributed by atoms with van der Waals surface area (Å²) in [5, 5.41) is 14.7. The van der Waals surface area contributed by atoms with Gasteiger partial charge in [-0.2, -0.15) is 0 Å². The summed E-state index contributed by atoms with van der Waals surface area (Å²) in [6, 6.07) is 6.68. The predicted octanol–water partition coefficient (Wildman–Crippen LogP) is 5.06. The van der Waals surface area contributed by atoms with Gasteiger partial charge in [0.2, 0.25) is 5.91 Å². The first-order chi connectivity index (χ1) is 16.0. The van der Waals surface area contributed by atoms with Gasteiger partial charge in [-0.15, -0.1) is 21.5 Å². The highest BCUT2D eigenvalue weighted by Crippen LogP contribution is 2.38. The Labute approximate surface area is 201 Å². The molecule has 0 fully saturated rings. The molecule has 1 unspecified atom stereocenters. The summed E-state index contributed by atoms with van der Waals surface area (Å²) in [6.45, 7) is 7.21. The smallest absolute Gasteiger partial charge is 0.338 e. The maximum Gasteiger partial charge on any atom is 0.338 e. The van der Waals surface area contributed by atoms with E-state index < -0.39 is 0 Å². The maximum atomic E-state index is 12.5. The number of hydrogen-bond acceptors (Lipinski definition) is 7. The molecule has 7 nitrogen and oxygen atoms in total. The van der Waals surface area contributed by atoms with E-state index in [4.69, 9.17) is 4.74 Å². The first-order valence-corrected chi connectivity index (χ1v) is 13.1. The number of nitrogens with zero attached hydrogens (tertiary/aromatic N) is 3. The van der Waals surface area contributed by atoms with Crippen LogP contribution in [0.15, 0.2) is 34.8 Å². The zero-order chi connectivity index (χ0) is 23.4. The number of fused-ring (bicyclic) bond motifs is 1. The molecule has 1 aliphatic rings. The van der Waals surface area contributed by atoms with E-state index in [0.29, 0.717) is 17.9 Å². The Morgan fingerprint density at radius 2 is 2.03 bits per heavy atom. The SMILES string of the molecule is CCOC(=O)c1ccc(NC(=O)CSc2nnc(-c3csc4c3CCC(C)C4)n2CC)cc1. The van der Waals surface area contributed by atoms with Crippen LogP contribution < -0.4 is 5.32 Å². The van der Waals surface area contributed by atoms with E-state index in [1.165, 1.54) is 34.2 Å². The number of thiophene rings is 1. The van der Waals surface area contributed by atoms with Crippen molar-refractivity contribution in [2.75, 3.05) is 17.7 Å². The number of ether oxygens (including phenoxy) is 1. The van der Waals surface area contributed by atoms with Gasteiger partial charge in [-0.25, -0.2) is 4.79 Å². The predicted molar refractivity (Wildman–Crippen MR) is 132 cm³/mol. The molecule has 1 atom stereocenters. The Morgan fingerprint density at radius 3 is 2.76 bits per heavy atom. The van der Waals surface area contributed by atoms with Crippen LogP contribution in [0.1, 0.15) is 48.0 Å². The highest BCUT2D eigenvalue weighted by Gasteiger charge is 2.24. The first-order valence-electron chi connectivity index (χ1n) is 11.2. The van der Waals surface area contributed by atoms with Crippen molar-refractivity contribution in [2.24, 2.45) is 5.92 Å². The lowest BCUT2D eigenvalue weighted by Crippen LogP contribution is -2.15. The molecule has 3 aromatic rings. The topological polar surface area (TPSA) is 86.1 Å². The fourth-order valence-corrected chi connectivity index (χ4v) is 6.02. The molecule has 33 heavy (non-hydrogen) atoms. The number of carbonyl (C=O) groups excluding carboxylic acids is 2. The quantitative estimate of drug-likeness (QED) is 0.355. The fourth-order valence-electron chi connectivity index (χ4n) is 3.98. The molecule has 0 aliphatic heterocycles. The minimum absolute atomic E-state index is 0.141. The fraction of sp³-hybridized carbons (Fsp3) is 0.417. The molecule has 4 rings (SSSR count). The third-order valence-electron chi connectivity index (χ3n) is 5.69. The van der Waals surface area contributed by atoms with E-state index in [2.05, 4.69) is 39.3 Å². The van der Waals surface area contributed by atoms with Crippen molar-refractivity contribution in [3.05, 3.63) is 45.6 Å². The molecular weight excluding hydrogens is 456 g/mol. The van der Waals surface area contributed by atoms with E-state index in [1.54, 1.807) is 31.2 Å². The molecule has 1 aromatic carbocycles. The zero-order valence-corrected chi connectivity index (χ0v) is 20.7. The largest absolute Gasteiger partial charge is 0.462 e. The molecule has 2 aromatic heterocycles. The Kier molecular flexibility index (Phi) is 7.49. The minimum atomic E-state index is -0.373. The van der Waals surface area contributed by atoms with Crippen molar-refractivity contribution in [1.82, 2.24) is 14.8 Å². The average molecular weight is 485 g/mol. The van der Waals surface area contributed by atoms with Crippen LogP contribution in [-0.2, 0) is 28.9 Å². The van der Waals surface area contributed by atoms with Crippen LogP contribution in [0, 0.1) is 5.92 Å². The Hall–Kier alpha value is -2.65. The highest BCUT2D eigenvalue weighted by atomic mass is 32.2. The molecular formula is C24H28N4O3S2. The van der Waals surface area contributed by atoms with Crippen LogP contribution in [0.25, 0.3) is 11.4 Å². The lowest BCUT2D eigenvalue weighted by atomic mass is 9.88. The van der Waals surface area contributed by atoms with Gasteiger partial charge in [-0.1, -0.05) is 18.7 Å². The normalized spacial score (nSPS) is 15.2. The van der Waals surface area contributed by atoms with Crippen LogP contribution in [-0.4, -0.2) is 39.0 Å². The third-order valence-corrected chi connectivity index (χ3v) is 7.71. The second-order valence-electron chi connectivity index (χ2n) is 8.08. The molecule has 0 saturated carbocycles. The number of thioether (sulfide) groups is 1. The highest BCUT2D eigenvalue weighted by molar-refractivity contribution is 7.99. The van der Waals surface area contributed by atoms with Gasteiger partial charge >= 0.3 is 5.97 Å². The van der Waals surface area contributed by atoms with Gasteiger partial charge < -0.3 is 14.6 Å². The van der Waals surface area contributed by atoms with Crippen LogP contribution in [0.3, 0.4) is 0 Å². The lowest BCUT2D eigenvalue weighted by molar-refractivity contribution is -0.113. The number of anilines is 1. The van der Waals surface area contributed by atoms with E-state index >= 15 is 0 Å². The van der Waals surface area contributed by atoms with Crippen LogP contribution in [0.4, 0.5) is 5.69 Å². The van der Waals surface area contributed by atoms with E-state index in [1.807, 2.05) is 11.3 Å². The number of aromatic nitrogens is 3. The van der Waals surface area contributed by atoms with Crippen LogP contribution in [0.2, 0.25) is 0 Å². The molecule has 0 radical (unpaired) electrons. The van der Waals surface area contributed by atoms with Crippen molar-refractivity contribution in [2.45, 2.75) is 51.7 Å². The van der Waals surface area contributed by atoms with Crippen molar-refractivity contribution >= 4 is 40.7 Å². The summed E-state index contributed by atoms with van der Waals surface area (Å²) in [6.07, 6.45) is 3.44. The summed E-state index contributed by atoms with van der Waals surface area (Å²) in [5.74, 6) is 1.33. The van der Waals surface area contributed by atoms with Crippen molar-refractivity contribution in [1.29, 1.82) is 0 Å². The van der Waals surface area contributed by atoms with Gasteiger partial charge in [-0.05, 0) is 68.9 Å². The number of esters is 1. The molecule has 0 bridgehead atoms. The van der Waals surface area contributed by atoms with Gasteiger partial charge in [-0.3, -0.25) is 4.79 Å². The summed E-state index contributed by atoms with van der Waals surface area (Å²) in [7, 11) is 0. The molecule has 1 amide bonds. The maximum absolute atomic E-state index is 12.5. The number of amides is 1.